The van der Waals surface area contributed by atoms with Crippen LogP contribution in [-0.2, 0) is 17.8 Å². The van der Waals surface area contributed by atoms with E-state index in [9.17, 15) is 4.79 Å². The third kappa shape index (κ3) is 4.72. The third-order valence-corrected chi connectivity index (χ3v) is 5.27. The normalized spacial score (nSPS) is 18.6. The van der Waals surface area contributed by atoms with Gasteiger partial charge >= 0.3 is 0 Å². The number of hydrogen-bond donors (Lipinski definition) is 2. The molecule has 0 spiro atoms. The Labute approximate surface area is 153 Å². The van der Waals surface area contributed by atoms with Crippen molar-refractivity contribution in [3.8, 4) is 0 Å². The molecule has 0 aliphatic carbocycles. The van der Waals surface area contributed by atoms with Crippen LogP contribution in [0.3, 0.4) is 0 Å². The Morgan fingerprint density at radius 2 is 2.08 bits per heavy atom. The molecule has 3 nitrogen and oxygen atoms in total. The number of hydrogen-bond acceptors (Lipinski definition) is 3. The molecule has 1 atom stereocenters. The van der Waals surface area contributed by atoms with Gasteiger partial charge in [-0.1, -0.05) is 32.8 Å². The molecule has 0 radical (unpaired) electrons. The first-order valence-electron chi connectivity index (χ1n) is 9.67. The SMILES string of the molecule is CCCCC(CC)C(=O)/C=C1\NC(C)(C)Cc2cc(C)c(CN)cc21. The molecular weight excluding hydrogens is 308 g/mol. The molecule has 1 heterocycles. The minimum atomic E-state index is -0.0546. The highest BCUT2D eigenvalue weighted by atomic mass is 16.1. The van der Waals surface area contributed by atoms with Gasteiger partial charge in [0.25, 0.3) is 0 Å². The summed E-state index contributed by atoms with van der Waals surface area (Å²) in [5.41, 5.74) is 11.6. The van der Waals surface area contributed by atoms with E-state index in [1.54, 1.807) is 0 Å². The number of nitrogens with one attached hydrogen (secondary N) is 1. The predicted octanol–water partition coefficient (Wildman–Crippen LogP) is 4.50. The van der Waals surface area contributed by atoms with Crippen molar-refractivity contribution in [2.75, 3.05) is 0 Å². The number of carbonyl (C=O) groups is 1. The van der Waals surface area contributed by atoms with E-state index < -0.39 is 0 Å². The highest BCUT2D eigenvalue weighted by Crippen LogP contribution is 2.32. The molecule has 1 aliphatic rings. The van der Waals surface area contributed by atoms with Crippen molar-refractivity contribution in [1.29, 1.82) is 0 Å². The summed E-state index contributed by atoms with van der Waals surface area (Å²) in [4.78, 5) is 12.8. The first-order chi connectivity index (χ1) is 11.8. The lowest BCUT2D eigenvalue weighted by Crippen LogP contribution is -2.44. The van der Waals surface area contributed by atoms with E-state index in [4.69, 9.17) is 5.73 Å². The molecule has 0 bridgehead atoms. The summed E-state index contributed by atoms with van der Waals surface area (Å²) in [6.07, 6.45) is 6.92. The first-order valence-corrected chi connectivity index (χ1v) is 9.67. The zero-order valence-electron chi connectivity index (χ0n) is 16.5. The fourth-order valence-electron chi connectivity index (χ4n) is 3.75. The summed E-state index contributed by atoms with van der Waals surface area (Å²) >= 11 is 0. The van der Waals surface area contributed by atoms with Crippen LogP contribution < -0.4 is 11.1 Å². The minimum absolute atomic E-state index is 0.0546. The lowest BCUT2D eigenvalue weighted by molar-refractivity contribution is -0.118. The molecule has 0 fully saturated rings. The second-order valence-corrected chi connectivity index (χ2v) is 8.03. The molecule has 0 amide bonds. The van der Waals surface area contributed by atoms with E-state index >= 15 is 0 Å². The van der Waals surface area contributed by atoms with Gasteiger partial charge in [-0.3, -0.25) is 4.79 Å². The smallest absolute Gasteiger partial charge is 0.160 e. The maximum Gasteiger partial charge on any atom is 0.160 e. The average Bonchev–Trinajstić information content (AvgIpc) is 2.54. The van der Waals surface area contributed by atoms with E-state index in [0.29, 0.717) is 6.54 Å². The van der Waals surface area contributed by atoms with Crippen LogP contribution in [-0.4, -0.2) is 11.3 Å². The minimum Gasteiger partial charge on any atom is -0.379 e. The largest absolute Gasteiger partial charge is 0.379 e. The van der Waals surface area contributed by atoms with Crippen molar-refractivity contribution in [1.82, 2.24) is 5.32 Å². The monoisotopic (exact) mass is 342 g/mol. The van der Waals surface area contributed by atoms with E-state index in [1.807, 2.05) is 6.08 Å². The van der Waals surface area contributed by atoms with Crippen molar-refractivity contribution in [3.05, 3.63) is 40.5 Å². The van der Waals surface area contributed by atoms with Crippen LogP contribution >= 0.6 is 0 Å². The molecular formula is C22H34N2O. The second kappa shape index (κ2) is 8.18. The summed E-state index contributed by atoms with van der Waals surface area (Å²) in [6, 6.07) is 4.41. The molecule has 3 N–H and O–H groups in total. The van der Waals surface area contributed by atoms with Gasteiger partial charge in [0.15, 0.2) is 5.78 Å². The molecule has 1 aromatic carbocycles. The number of carbonyl (C=O) groups excluding carboxylic acids is 1. The van der Waals surface area contributed by atoms with E-state index in [0.717, 1.165) is 48.9 Å². The van der Waals surface area contributed by atoms with Crippen molar-refractivity contribution in [3.63, 3.8) is 0 Å². The van der Waals surface area contributed by atoms with Crippen molar-refractivity contribution < 1.29 is 4.79 Å². The Hall–Kier alpha value is -1.61. The van der Waals surface area contributed by atoms with Crippen molar-refractivity contribution >= 4 is 11.5 Å². The summed E-state index contributed by atoms with van der Waals surface area (Å²) < 4.78 is 0. The zero-order valence-corrected chi connectivity index (χ0v) is 16.5. The van der Waals surface area contributed by atoms with Crippen LogP contribution in [0.2, 0.25) is 0 Å². The van der Waals surface area contributed by atoms with Gasteiger partial charge in [0, 0.05) is 35.3 Å². The van der Waals surface area contributed by atoms with Crippen LogP contribution in [0.15, 0.2) is 18.2 Å². The predicted molar refractivity (Wildman–Crippen MR) is 106 cm³/mol. The average molecular weight is 343 g/mol. The zero-order chi connectivity index (χ0) is 18.6. The van der Waals surface area contributed by atoms with Gasteiger partial charge in [0.1, 0.15) is 0 Å². The second-order valence-electron chi connectivity index (χ2n) is 8.03. The Balaban J connectivity index is 2.41. The molecule has 1 aromatic rings. The number of allylic oxidation sites excluding steroid dienone is 1. The standard InChI is InChI=1S/C22H34N2O/c1-6-8-9-16(7-2)21(25)12-20-19-11-18(14-23)15(3)10-17(19)13-22(4,5)24-20/h10-12,16,24H,6-9,13-14,23H2,1-5H3/b20-12-. The molecule has 25 heavy (non-hydrogen) atoms. The number of aryl methyl sites for hydroxylation is 1. The van der Waals surface area contributed by atoms with Crippen LogP contribution in [0.5, 0.6) is 0 Å². The van der Waals surface area contributed by atoms with Gasteiger partial charge in [-0.2, -0.15) is 0 Å². The molecule has 1 unspecified atom stereocenters. The van der Waals surface area contributed by atoms with Crippen LogP contribution in [0, 0.1) is 12.8 Å². The fraction of sp³-hybridized carbons (Fsp3) is 0.591. The molecule has 3 heteroatoms. The third-order valence-electron chi connectivity index (χ3n) is 5.27. The summed E-state index contributed by atoms with van der Waals surface area (Å²) in [5.74, 6) is 0.374. The Morgan fingerprint density at radius 1 is 1.36 bits per heavy atom. The van der Waals surface area contributed by atoms with Gasteiger partial charge in [0.2, 0.25) is 0 Å². The molecule has 0 saturated carbocycles. The fourth-order valence-corrected chi connectivity index (χ4v) is 3.75. The van der Waals surface area contributed by atoms with Crippen LogP contribution in [0.4, 0.5) is 0 Å². The van der Waals surface area contributed by atoms with Gasteiger partial charge in [0.05, 0.1) is 0 Å². The van der Waals surface area contributed by atoms with Gasteiger partial charge < -0.3 is 11.1 Å². The number of nitrogens with two attached hydrogens (primary N) is 1. The van der Waals surface area contributed by atoms with Crippen molar-refractivity contribution in [2.45, 2.75) is 78.8 Å². The van der Waals surface area contributed by atoms with Crippen LogP contribution in [0.1, 0.15) is 75.6 Å². The van der Waals surface area contributed by atoms with E-state index in [1.165, 1.54) is 11.1 Å². The maximum absolute atomic E-state index is 12.8. The maximum atomic E-state index is 12.8. The Kier molecular flexibility index (Phi) is 6.45. The number of ketones is 1. The molecule has 2 rings (SSSR count). The molecule has 138 valence electrons. The number of unbranched alkanes of at least 4 members (excludes halogenated alkanes) is 1. The van der Waals surface area contributed by atoms with Gasteiger partial charge in [-0.05, 0) is 62.8 Å². The molecule has 0 aromatic heterocycles. The van der Waals surface area contributed by atoms with Gasteiger partial charge in [-0.15, -0.1) is 0 Å². The highest BCUT2D eigenvalue weighted by Gasteiger charge is 2.29. The number of benzene rings is 1. The lowest BCUT2D eigenvalue weighted by atomic mass is 9.83. The lowest BCUT2D eigenvalue weighted by Gasteiger charge is -2.36. The van der Waals surface area contributed by atoms with E-state index in [2.05, 4.69) is 52.1 Å². The molecule has 0 saturated heterocycles. The van der Waals surface area contributed by atoms with E-state index in [-0.39, 0.29) is 17.2 Å². The number of rotatable bonds is 7. The summed E-state index contributed by atoms with van der Waals surface area (Å²) in [7, 11) is 0. The highest BCUT2D eigenvalue weighted by molar-refractivity contribution is 5.98. The first kappa shape index (κ1) is 19.7. The summed E-state index contributed by atoms with van der Waals surface area (Å²) in [5, 5.41) is 3.59. The topological polar surface area (TPSA) is 55.1 Å². The van der Waals surface area contributed by atoms with Crippen LogP contribution in [0.25, 0.3) is 5.70 Å². The van der Waals surface area contributed by atoms with Gasteiger partial charge in [-0.25, -0.2) is 0 Å². The summed E-state index contributed by atoms with van der Waals surface area (Å²) in [6.45, 7) is 11.3. The number of fused-ring (bicyclic) bond motifs is 1. The Bertz CT molecular complexity index is 658. The Morgan fingerprint density at radius 3 is 2.68 bits per heavy atom. The van der Waals surface area contributed by atoms with Crippen molar-refractivity contribution in [2.24, 2.45) is 11.7 Å². The quantitative estimate of drug-likeness (QED) is 0.717. The molecule has 1 aliphatic heterocycles.